The standard InChI is InChI=1S/C21H28ClN3O6/c1-20(2,3)31-19(30)24-10-7-21(4,8-11-24)23-17(27)16(26)15-14(22)13(18(28)29)12-6-5-9-25(12)15/h5-11H2,1-4H3,(H,23,27)(H,28,29). The quantitative estimate of drug-likeness (QED) is 0.534. The van der Waals surface area contributed by atoms with Crippen molar-refractivity contribution in [2.75, 3.05) is 13.1 Å². The molecule has 2 aliphatic rings. The van der Waals surface area contributed by atoms with E-state index in [-0.39, 0.29) is 16.3 Å². The van der Waals surface area contributed by atoms with Crippen LogP contribution < -0.4 is 5.32 Å². The Morgan fingerprint density at radius 2 is 1.74 bits per heavy atom. The first-order valence-electron chi connectivity index (χ1n) is 10.3. The zero-order valence-electron chi connectivity index (χ0n) is 18.2. The smallest absolute Gasteiger partial charge is 0.410 e. The van der Waals surface area contributed by atoms with Gasteiger partial charge in [0, 0.05) is 30.9 Å². The number of carbonyl (C=O) groups excluding carboxylic acids is 3. The van der Waals surface area contributed by atoms with Crippen LogP contribution in [0.4, 0.5) is 4.79 Å². The number of carboxylic acid groups (broad SMARTS) is 1. The van der Waals surface area contributed by atoms with Gasteiger partial charge in [-0.05, 0) is 53.4 Å². The molecule has 9 nitrogen and oxygen atoms in total. The highest BCUT2D eigenvalue weighted by Gasteiger charge is 2.39. The molecule has 0 bridgehead atoms. The van der Waals surface area contributed by atoms with Crippen molar-refractivity contribution in [3.63, 3.8) is 0 Å². The van der Waals surface area contributed by atoms with E-state index in [1.54, 1.807) is 30.2 Å². The molecule has 3 heterocycles. The van der Waals surface area contributed by atoms with E-state index in [1.165, 1.54) is 0 Å². The van der Waals surface area contributed by atoms with Crippen molar-refractivity contribution in [1.29, 1.82) is 0 Å². The van der Waals surface area contributed by atoms with E-state index in [0.717, 1.165) is 0 Å². The lowest BCUT2D eigenvalue weighted by Crippen LogP contribution is -2.56. The van der Waals surface area contributed by atoms with Crippen LogP contribution in [0.2, 0.25) is 5.02 Å². The molecule has 0 aromatic carbocycles. The number of carboxylic acids is 1. The highest BCUT2D eigenvalue weighted by Crippen LogP contribution is 2.33. The van der Waals surface area contributed by atoms with E-state index >= 15 is 0 Å². The number of amides is 2. The Labute approximate surface area is 185 Å². The van der Waals surface area contributed by atoms with Crippen LogP contribution >= 0.6 is 11.6 Å². The third kappa shape index (κ3) is 4.71. The molecule has 0 saturated carbocycles. The maximum Gasteiger partial charge on any atom is 0.410 e. The highest BCUT2D eigenvalue weighted by atomic mass is 35.5. The van der Waals surface area contributed by atoms with Crippen LogP contribution in [0.5, 0.6) is 0 Å². The lowest BCUT2D eigenvalue weighted by molar-refractivity contribution is -0.119. The van der Waals surface area contributed by atoms with Crippen LogP contribution in [0.15, 0.2) is 0 Å². The van der Waals surface area contributed by atoms with Crippen LogP contribution in [0.25, 0.3) is 0 Å². The van der Waals surface area contributed by atoms with Gasteiger partial charge in [0.25, 0.3) is 11.7 Å². The molecule has 1 aromatic rings. The van der Waals surface area contributed by atoms with Crippen LogP contribution in [0, 0.1) is 0 Å². The van der Waals surface area contributed by atoms with Gasteiger partial charge in [-0.15, -0.1) is 0 Å². The summed E-state index contributed by atoms with van der Waals surface area (Å²) in [5, 5.41) is 12.0. The molecule has 1 fully saturated rings. The zero-order valence-corrected chi connectivity index (χ0v) is 19.0. The van der Waals surface area contributed by atoms with E-state index in [4.69, 9.17) is 16.3 Å². The summed E-state index contributed by atoms with van der Waals surface area (Å²) in [6.45, 7) is 8.41. The van der Waals surface area contributed by atoms with Crippen LogP contribution in [0.3, 0.4) is 0 Å². The van der Waals surface area contributed by atoms with E-state index in [9.17, 15) is 24.3 Å². The first kappa shape index (κ1) is 23.1. The van der Waals surface area contributed by atoms with Gasteiger partial charge in [-0.25, -0.2) is 9.59 Å². The maximum atomic E-state index is 12.9. The Hall–Kier alpha value is -2.55. The van der Waals surface area contributed by atoms with Gasteiger partial charge in [0.05, 0.1) is 10.6 Å². The average Bonchev–Trinajstić information content (AvgIpc) is 3.18. The van der Waals surface area contributed by atoms with Gasteiger partial charge in [0.2, 0.25) is 0 Å². The van der Waals surface area contributed by atoms with E-state index in [1.807, 2.05) is 6.92 Å². The SMILES string of the molecule is CC1(NC(=O)C(=O)c2c(Cl)c(C(=O)O)c3n2CCC3)CCN(C(=O)OC(C)(C)C)CC1. The van der Waals surface area contributed by atoms with Crippen LogP contribution in [0.1, 0.15) is 73.5 Å². The number of nitrogens with zero attached hydrogens (tertiary/aromatic N) is 2. The van der Waals surface area contributed by atoms with Crippen molar-refractivity contribution in [1.82, 2.24) is 14.8 Å². The van der Waals surface area contributed by atoms with Crippen molar-refractivity contribution in [3.8, 4) is 0 Å². The summed E-state index contributed by atoms with van der Waals surface area (Å²) in [5.41, 5.74) is -0.978. The second-order valence-corrected chi connectivity index (χ2v) is 9.73. The lowest BCUT2D eigenvalue weighted by Gasteiger charge is -2.40. The van der Waals surface area contributed by atoms with Crippen molar-refractivity contribution in [3.05, 3.63) is 22.0 Å². The monoisotopic (exact) mass is 453 g/mol. The highest BCUT2D eigenvalue weighted by molar-refractivity contribution is 6.47. The van der Waals surface area contributed by atoms with Gasteiger partial charge >= 0.3 is 12.1 Å². The summed E-state index contributed by atoms with van der Waals surface area (Å²) < 4.78 is 6.92. The van der Waals surface area contributed by atoms with Gasteiger partial charge < -0.3 is 24.6 Å². The molecule has 1 saturated heterocycles. The summed E-state index contributed by atoms with van der Waals surface area (Å²) in [6.07, 6.45) is 1.67. The van der Waals surface area contributed by atoms with Gasteiger partial charge in [0.15, 0.2) is 0 Å². The number of likely N-dealkylation sites (tertiary alicyclic amines) is 1. The molecule has 170 valence electrons. The molecule has 0 radical (unpaired) electrons. The third-order valence-electron chi connectivity index (χ3n) is 5.68. The predicted molar refractivity (Wildman–Crippen MR) is 113 cm³/mol. The Balaban J connectivity index is 1.69. The topological polar surface area (TPSA) is 118 Å². The van der Waals surface area contributed by atoms with Gasteiger partial charge in [-0.2, -0.15) is 0 Å². The number of aromatic carboxylic acids is 1. The summed E-state index contributed by atoms with van der Waals surface area (Å²) >= 11 is 6.20. The zero-order chi connectivity index (χ0) is 23.1. The largest absolute Gasteiger partial charge is 0.478 e. The fourth-order valence-electron chi connectivity index (χ4n) is 4.06. The van der Waals surface area contributed by atoms with Crippen molar-refractivity contribution < 1.29 is 29.0 Å². The van der Waals surface area contributed by atoms with Crippen LogP contribution in [-0.2, 0) is 22.5 Å². The minimum atomic E-state index is -1.21. The summed E-state index contributed by atoms with van der Waals surface area (Å²) in [6, 6.07) is 0. The van der Waals surface area contributed by atoms with Crippen molar-refractivity contribution in [2.45, 2.75) is 71.1 Å². The molecular weight excluding hydrogens is 426 g/mol. The number of rotatable bonds is 4. The summed E-state index contributed by atoms with van der Waals surface area (Å²) in [7, 11) is 0. The number of hydrogen-bond acceptors (Lipinski definition) is 5. The molecule has 31 heavy (non-hydrogen) atoms. The van der Waals surface area contributed by atoms with E-state index in [0.29, 0.717) is 51.0 Å². The Kier molecular flexibility index (Phi) is 6.10. The van der Waals surface area contributed by atoms with Gasteiger partial charge in [-0.1, -0.05) is 11.6 Å². The Morgan fingerprint density at radius 1 is 1.13 bits per heavy atom. The molecule has 2 amide bonds. The summed E-state index contributed by atoms with van der Waals surface area (Å²) in [5.74, 6) is -2.90. The number of fused-ring (bicyclic) bond motifs is 1. The molecule has 2 N–H and O–H groups in total. The minimum Gasteiger partial charge on any atom is -0.478 e. The Morgan fingerprint density at radius 3 is 2.29 bits per heavy atom. The molecule has 10 heteroatoms. The molecular formula is C21H28ClN3O6. The normalized spacial score (nSPS) is 17.8. The number of nitrogens with one attached hydrogen (secondary N) is 1. The Bertz CT molecular complexity index is 938. The lowest BCUT2D eigenvalue weighted by atomic mass is 9.89. The van der Waals surface area contributed by atoms with Crippen LogP contribution in [-0.4, -0.2) is 62.6 Å². The number of carbonyl (C=O) groups is 4. The molecule has 0 aliphatic carbocycles. The molecule has 3 rings (SSSR count). The first-order chi connectivity index (χ1) is 14.3. The fraction of sp³-hybridized carbons (Fsp3) is 0.619. The van der Waals surface area contributed by atoms with Gasteiger partial charge in [-0.3, -0.25) is 9.59 Å². The number of hydrogen-bond donors (Lipinski definition) is 2. The second kappa shape index (κ2) is 8.18. The van der Waals surface area contributed by atoms with Crippen molar-refractivity contribution >= 4 is 35.4 Å². The first-order valence-corrected chi connectivity index (χ1v) is 10.7. The number of aromatic nitrogens is 1. The number of ketones is 1. The number of Topliss-reactive ketones (excluding diaryl/α,β-unsaturated/α-hetero) is 1. The molecule has 0 atom stereocenters. The number of piperidine rings is 1. The molecule has 0 spiro atoms. The summed E-state index contributed by atoms with van der Waals surface area (Å²) in [4.78, 5) is 51.1. The molecule has 0 unspecified atom stereocenters. The molecule has 2 aliphatic heterocycles. The maximum absolute atomic E-state index is 12.9. The fourth-order valence-corrected chi connectivity index (χ4v) is 4.43. The number of halogens is 1. The molecule has 1 aromatic heterocycles. The average molecular weight is 454 g/mol. The van der Waals surface area contributed by atoms with Gasteiger partial charge in [0.1, 0.15) is 11.3 Å². The van der Waals surface area contributed by atoms with E-state index < -0.39 is 34.9 Å². The minimum absolute atomic E-state index is 0.0705. The third-order valence-corrected chi connectivity index (χ3v) is 6.04. The second-order valence-electron chi connectivity index (χ2n) is 9.36. The van der Waals surface area contributed by atoms with E-state index in [2.05, 4.69) is 5.32 Å². The predicted octanol–water partition coefficient (Wildman–Crippen LogP) is 2.87. The number of ether oxygens (including phenoxy) is 1. The van der Waals surface area contributed by atoms with Crippen molar-refractivity contribution in [2.24, 2.45) is 0 Å².